The van der Waals surface area contributed by atoms with Crippen molar-refractivity contribution in [1.82, 2.24) is 9.88 Å². The minimum absolute atomic E-state index is 0.0604. The molecule has 1 saturated heterocycles. The lowest BCUT2D eigenvalue weighted by Crippen LogP contribution is -2.47. The van der Waals surface area contributed by atoms with Crippen molar-refractivity contribution in [2.75, 3.05) is 5.73 Å². The first kappa shape index (κ1) is 13.4. The van der Waals surface area contributed by atoms with Gasteiger partial charge >= 0.3 is 0 Å². The van der Waals surface area contributed by atoms with Crippen LogP contribution in [-0.4, -0.2) is 27.9 Å². The molecule has 5 heteroatoms. The van der Waals surface area contributed by atoms with E-state index in [0.717, 1.165) is 23.1 Å². The topological polar surface area (TPSA) is 59.2 Å². The van der Waals surface area contributed by atoms with Crippen molar-refractivity contribution in [3.63, 3.8) is 0 Å². The number of nitrogens with two attached hydrogens (primary N) is 1. The quantitative estimate of drug-likeness (QED) is 0.876. The smallest absolute Gasteiger partial charge is 0.266 e. The van der Waals surface area contributed by atoms with Crippen molar-refractivity contribution < 1.29 is 4.79 Å². The Kier molecular flexibility index (Phi) is 3.38. The molecular formula is C15H19N3OS. The number of carbonyl (C=O) groups is 1. The van der Waals surface area contributed by atoms with Crippen LogP contribution in [0, 0.1) is 0 Å². The number of pyridine rings is 1. The van der Waals surface area contributed by atoms with Crippen LogP contribution in [0.25, 0.3) is 10.2 Å². The van der Waals surface area contributed by atoms with Crippen LogP contribution in [0.15, 0.2) is 18.3 Å². The number of thiophene rings is 1. The van der Waals surface area contributed by atoms with Gasteiger partial charge in [-0.05, 0) is 45.2 Å². The Balaban J connectivity index is 2.01. The van der Waals surface area contributed by atoms with E-state index in [1.807, 2.05) is 17.0 Å². The standard InChI is InChI=1S/C15H19N3OS/c1-9-5-3-6-10(2)18(9)15(19)14-12(16)13-11(20-14)7-4-8-17-13/h4,7-10H,3,5-6,16H2,1-2H3. The van der Waals surface area contributed by atoms with Crippen molar-refractivity contribution >= 4 is 33.1 Å². The summed E-state index contributed by atoms with van der Waals surface area (Å²) >= 11 is 1.45. The lowest BCUT2D eigenvalue weighted by Gasteiger charge is -2.38. The van der Waals surface area contributed by atoms with Gasteiger partial charge in [-0.15, -0.1) is 11.3 Å². The molecule has 20 heavy (non-hydrogen) atoms. The predicted octanol–water partition coefficient (Wildman–Crippen LogP) is 3.28. The van der Waals surface area contributed by atoms with E-state index in [0.29, 0.717) is 10.6 Å². The summed E-state index contributed by atoms with van der Waals surface area (Å²) < 4.78 is 0.977. The van der Waals surface area contributed by atoms with Crippen LogP contribution in [0.1, 0.15) is 42.8 Å². The Hall–Kier alpha value is -1.62. The zero-order chi connectivity index (χ0) is 14.3. The summed E-state index contributed by atoms with van der Waals surface area (Å²) in [5.74, 6) is 0.0604. The van der Waals surface area contributed by atoms with Crippen LogP contribution in [-0.2, 0) is 0 Å². The van der Waals surface area contributed by atoms with Gasteiger partial charge in [0.05, 0.1) is 10.4 Å². The van der Waals surface area contributed by atoms with Crippen LogP contribution >= 0.6 is 11.3 Å². The molecule has 0 spiro atoms. The van der Waals surface area contributed by atoms with Gasteiger partial charge in [-0.25, -0.2) is 0 Å². The number of aromatic nitrogens is 1. The molecule has 1 fully saturated rings. The molecule has 1 amide bonds. The first-order valence-corrected chi connectivity index (χ1v) is 7.87. The number of nitrogen functional groups attached to an aromatic ring is 1. The Morgan fingerprint density at radius 1 is 1.40 bits per heavy atom. The van der Waals surface area contributed by atoms with E-state index in [2.05, 4.69) is 18.8 Å². The zero-order valence-electron chi connectivity index (χ0n) is 11.8. The highest BCUT2D eigenvalue weighted by Crippen LogP contribution is 2.35. The molecule has 1 aliphatic rings. The van der Waals surface area contributed by atoms with Gasteiger partial charge in [-0.3, -0.25) is 9.78 Å². The lowest BCUT2D eigenvalue weighted by molar-refractivity contribution is 0.0517. The van der Waals surface area contributed by atoms with E-state index < -0.39 is 0 Å². The number of rotatable bonds is 1. The van der Waals surface area contributed by atoms with Gasteiger partial charge < -0.3 is 10.6 Å². The molecule has 3 heterocycles. The maximum atomic E-state index is 12.8. The number of carbonyl (C=O) groups excluding carboxylic acids is 1. The van der Waals surface area contributed by atoms with Crippen LogP contribution in [0.3, 0.4) is 0 Å². The van der Waals surface area contributed by atoms with Crippen molar-refractivity contribution in [2.45, 2.75) is 45.2 Å². The van der Waals surface area contributed by atoms with Gasteiger partial charge in [0.1, 0.15) is 10.4 Å². The van der Waals surface area contributed by atoms with E-state index in [1.165, 1.54) is 17.8 Å². The summed E-state index contributed by atoms with van der Waals surface area (Å²) in [6, 6.07) is 4.40. The molecule has 2 N–H and O–H groups in total. The third-order valence-corrected chi connectivity index (χ3v) is 5.25. The minimum Gasteiger partial charge on any atom is -0.396 e. The second kappa shape index (κ2) is 5.05. The summed E-state index contributed by atoms with van der Waals surface area (Å²) in [7, 11) is 0. The average molecular weight is 289 g/mol. The van der Waals surface area contributed by atoms with E-state index in [1.54, 1.807) is 6.20 Å². The summed E-state index contributed by atoms with van der Waals surface area (Å²) in [6.07, 6.45) is 5.04. The van der Waals surface area contributed by atoms with E-state index in [9.17, 15) is 4.79 Å². The molecule has 4 nitrogen and oxygen atoms in total. The van der Waals surface area contributed by atoms with Gasteiger partial charge in [-0.2, -0.15) is 0 Å². The number of fused-ring (bicyclic) bond motifs is 1. The first-order valence-electron chi connectivity index (χ1n) is 7.05. The van der Waals surface area contributed by atoms with Gasteiger partial charge in [0.25, 0.3) is 5.91 Å². The average Bonchev–Trinajstić information content (AvgIpc) is 2.76. The predicted molar refractivity (Wildman–Crippen MR) is 83.0 cm³/mol. The van der Waals surface area contributed by atoms with Crippen molar-refractivity contribution in [2.24, 2.45) is 0 Å². The molecule has 2 atom stereocenters. The van der Waals surface area contributed by atoms with Crippen LogP contribution in [0.2, 0.25) is 0 Å². The minimum atomic E-state index is 0.0604. The Morgan fingerprint density at radius 3 is 2.75 bits per heavy atom. The number of amides is 1. The fraction of sp³-hybridized carbons (Fsp3) is 0.467. The normalized spacial score (nSPS) is 23.2. The molecule has 106 valence electrons. The third-order valence-electron chi connectivity index (χ3n) is 4.10. The molecule has 0 aromatic carbocycles. The Bertz CT molecular complexity index is 642. The van der Waals surface area contributed by atoms with E-state index in [-0.39, 0.29) is 18.0 Å². The SMILES string of the molecule is CC1CCCC(C)N1C(=O)c1sc2cccnc2c1N. The van der Waals surface area contributed by atoms with Crippen molar-refractivity contribution in [3.8, 4) is 0 Å². The molecular weight excluding hydrogens is 270 g/mol. The summed E-state index contributed by atoms with van der Waals surface area (Å²) in [6.45, 7) is 4.24. The first-order chi connectivity index (χ1) is 9.59. The maximum Gasteiger partial charge on any atom is 0.266 e. The molecule has 0 radical (unpaired) electrons. The molecule has 2 aromatic rings. The molecule has 3 rings (SSSR count). The number of piperidine rings is 1. The molecule has 1 aliphatic heterocycles. The highest BCUT2D eigenvalue weighted by atomic mass is 32.1. The maximum absolute atomic E-state index is 12.8. The van der Waals surface area contributed by atoms with Crippen molar-refractivity contribution in [3.05, 3.63) is 23.2 Å². The largest absolute Gasteiger partial charge is 0.396 e. The Labute approximate surface area is 122 Å². The van der Waals surface area contributed by atoms with Crippen molar-refractivity contribution in [1.29, 1.82) is 0 Å². The lowest BCUT2D eigenvalue weighted by atomic mass is 9.97. The Morgan fingerprint density at radius 2 is 2.10 bits per heavy atom. The molecule has 2 aromatic heterocycles. The van der Waals surface area contributed by atoms with Gasteiger partial charge in [0, 0.05) is 18.3 Å². The fourth-order valence-corrected chi connectivity index (χ4v) is 4.07. The second-order valence-corrected chi connectivity index (χ2v) is 6.59. The van der Waals surface area contributed by atoms with Gasteiger partial charge in [0.15, 0.2) is 0 Å². The number of anilines is 1. The number of likely N-dealkylation sites (tertiary alicyclic amines) is 1. The molecule has 2 unspecified atom stereocenters. The zero-order valence-corrected chi connectivity index (χ0v) is 12.6. The molecule has 0 saturated carbocycles. The number of hydrogen-bond acceptors (Lipinski definition) is 4. The summed E-state index contributed by atoms with van der Waals surface area (Å²) in [5.41, 5.74) is 7.41. The summed E-state index contributed by atoms with van der Waals surface area (Å²) in [5, 5.41) is 0. The van der Waals surface area contributed by atoms with Crippen LogP contribution < -0.4 is 5.73 Å². The molecule has 0 bridgehead atoms. The fourth-order valence-electron chi connectivity index (χ4n) is 3.05. The van der Waals surface area contributed by atoms with E-state index in [4.69, 9.17) is 5.73 Å². The highest BCUT2D eigenvalue weighted by molar-refractivity contribution is 7.21. The number of hydrogen-bond donors (Lipinski definition) is 1. The second-order valence-electron chi connectivity index (χ2n) is 5.54. The van der Waals surface area contributed by atoms with Crippen LogP contribution in [0.4, 0.5) is 5.69 Å². The van der Waals surface area contributed by atoms with Gasteiger partial charge in [0.2, 0.25) is 0 Å². The monoisotopic (exact) mass is 289 g/mol. The van der Waals surface area contributed by atoms with E-state index >= 15 is 0 Å². The third kappa shape index (κ3) is 2.06. The van der Waals surface area contributed by atoms with Gasteiger partial charge in [-0.1, -0.05) is 0 Å². The van der Waals surface area contributed by atoms with Crippen LogP contribution in [0.5, 0.6) is 0 Å². The number of nitrogens with zero attached hydrogens (tertiary/aromatic N) is 2. The molecule has 0 aliphatic carbocycles. The highest BCUT2D eigenvalue weighted by Gasteiger charge is 2.32. The summed E-state index contributed by atoms with van der Waals surface area (Å²) in [4.78, 5) is 19.8.